The van der Waals surface area contributed by atoms with Gasteiger partial charge in [0.1, 0.15) is 5.82 Å². The van der Waals surface area contributed by atoms with Crippen molar-refractivity contribution in [2.45, 2.75) is 32.0 Å². The van der Waals surface area contributed by atoms with Crippen LogP contribution in [0.25, 0.3) is 0 Å². The Hall–Kier alpha value is -3.15. The highest BCUT2D eigenvalue weighted by Gasteiger charge is 2.21. The highest BCUT2D eigenvalue weighted by Crippen LogP contribution is 2.27. The number of aromatic nitrogens is 3. The zero-order valence-corrected chi connectivity index (χ0v) is 14.4. The molecular weight excluding hydrogens is 326 g/mol. The molecule has 6 nitrogen and oxygen atoms in total. The lowest BCUT2D eigenvalue weighted by Gasteiger charge is -2.25. The number of hydrogen-bond acceptors (Lipinski definition) is 4. The molecule has 1 aromatic carbocycles. The van der Waals surface area contributed by atoms with Crippen LogP contribution in [-0.2, 0) is 13.1 Å². The van der Waals surface area contributed by atoms with Gasteiger partial charge in [-0.25, -0.2) is 4.98 Å². The third kappa shape index (κ3) is 3.59. The van der Waals surface area contributed by atoms with Crippen LogP contribution in [0, 0.1) is 0 Å². The second-order valence-corrected chi connectivity index (χ2v) is 6.40. The Balaban J connectivity index is 1.43. The highest BCUT2D eigenvalue weighted by molar-refractivity contribution is 5.95. The van der Waals surface area contributed by atoms with Gasteiger partial charge in [-0.1, -0.05) is 12.1 Å². The van der Waals surface area contributed by atoms with E-state index in [1.165, 1.54) is 0 Å². The molecule has 0 fully saturated rings. The van der Waals surface area contributed by atoms with Gasteiger partial charge in [-0.15, -0.1) is 0 Å². The monoisotopic (exact) mass is 347 g/mol. The number of hydrogen-bond donors (Lipinski definition) is 2. The van der Waals surface area contributed by atoms with Gasteiger partial charge in [-0.05, 0) is 43.2 Å². The van der Waals surface area contributed by atoms with Crippen LogP contribution in [0.3, 0.4) is 0 Å². The minimum Gasteiger partial charge on any atom is -0.375 e. The molecule has 0 saturated carbocycles. The smallest absolute Gasteiger partial charge is 0.251 e. The second kappa shape index (κ2) is 7.39. The molecule has 6 heteroatoms. The molecule has 2 N–H and O–H groups in total. The summed E-state index contributed by atoms with van der Waals surface area (Å²) in [5.41, 5.74) is 2.39. The summed E-state index contributed by atoms with van der Waals surface area (Å²) in [6.45, 7) is 1.43. The summed E-state index contributed by atoms with van der Waals surface area (Å²) in [6, 6.07) is 13.4. The summed E-state index contributed by atoms with van der Waals surface area (Å²) >= 11 is 0. The van der Waals surface area contributed by atoms with Crippen molar-refractivity contribution in [1.29, 1.82) is 0 Å². The summed E-state index contributed by atoms with van der Waals surface area (Å²) < 4.78 is 2.19. The molecule has 0 saturated heterocycles. The summed E-state index contributed by atoms with van der Waals surface area (Å²) in [4.78, 5) is 21.1. The molecule has 132 valence electrons. The van der Waals surface area contributed by atoms with E-state index in [-0.39, 0.29) is 11.9 Å². The van der Waals surface area contributed by atoms with Gasteiger partial charge in [-0.3, -0.25) is 9.78 Å². The molecule has 1 amide bonds. The minimum atomic E-state index is -0.107. The summed E-state index contributed by atoms with van der Waals surface area (Å²) in [5.74, 6) is 0.950. The Morgan fingerprint density at radius 1 is 1.15 bits per heavy atom. The van der Waals surface area contributed by atoms with E-state index in [9.17, 15) is 4.79 Å². The normalized spacial score (nSPS) is 15.9. The second-order valence-electron chi connectivity index (χ2n) is 6.40. The van der Waals surface area contributed by atoms with Crippen LogP contribution >= 0.6 is 0 Å². The first kappa shape index (κ1) is 16.3. The Morgan fingerprint density at radius 2 is 2.12 bits per heavy atom. The molecule has 3 aromatic rings. The van der Waals surface area contributed by atoms with Crippen molar-refractivity contribution in [2.75, 3.05) is 5.32 Å². The third-order valence-electron chi connectivity index (χ3n) is 4.57. The molecule has 0 aliphatic carbocycles. The van der Waals surface area contributed by atoms with Gasteiger partial charge in [0.25, 0.3) is 5.91 Å². The highest BCUT2D eigenvalue weighted by atomic mass is 16.1. The molecule has 26 heavy (non-hydrogen) atoms. The number of amides is 1. The van der Waals surface area contributed by atoms with E-state index in [4.69, 9.17) is 0 Å². The van der Waals surface area contributed by atoms with E-state index < -0.39 is 0 Å². The van der Waals surface area contributed by atoms with Gasteiger partial charge >= 0.3 is 0 Å². The third-order valence-corrected chi connectivity index (χ3v) is 4.57. The lowest BCUT2D eigenvalue weighted by atomic mass is 10.1. The number of pyridine rings is 1. The zero-order chi connectivity index (χ0) is 17.8. The number of aryl methyl sites for hydroxylation is 1. The number of carbonyl (C=O) groups is 1. The van der Waals surface area contributed by atoms with Gasteiger partial charge in [-0.2, -0.15) is 0 Å². The van der Waals surface area contributed by atoms with E-state index in [2.05, 4.69) is 25.2 Å². The van der Waals surface area contributed by atoms with Crippen LogP contribution in [0.1, 0.15) is 40.8 Å². The van der Waals surface area contributed by atoms with Gasteiger partial charge in [0, 0.05) is 36.4 Å². The summed E-state index contributed by atoms with van der Waals surface area (Å²) in [7, 11) is 0. The summed E-state index contributed by atoms with van der Waals surface area (Å²) in [6.07, 6.45) is 7.74. The number of imidazole rings is 1. The first-order valence-electron chi connectivity index (χ1n) is 8.85. The first-order chi connectivity index (χ1) is 12.8. The van der Waals surface area contributed by atoms with Crippen LogP contribution < -0.4 is 10.6 Å². The number of rotatable bonds is 5. The summed E-state index contributed by atoms with van der Waals surface area (Å²) in [5, 5.41) is 6.43. The molecule has 1 atom stereocenters. The van der Waals surface area contributed by atoms with Gasteiger partial charge < -0.3 is 15.2 Å². The number of fused-ring (bicyclic) bond motifs is 1. The molecule has 2 aromatic heterocycles. The van der Waals surface area contributed by atoms with E-state index >= 15 is 0 Å². The molecule has 0 spiro atoms. The SMILES string of the molecule is O=C(NCc1ccccn1)c1cccc(NC2CCCn3ccnc32)c1. The number of anilines is 1. The largest absolute Gasteiger partial charge is 0.375 e. The zero-order valence-electron chi connectivity index (χ0n) is 14.4. The van der Waals surface area contributed by atoms with Gasteiger partial charge in [0.15, 0.2) is 0 Å². The van der Waals surface area contributed by atoms with Crippen molar-refractivity contribution in [3.8, 4) is 0 Å². The quantitative estimate of drug-likeness (QED) is 0.744. The fraction of sp³-hybridized carbons (Fsp3) is 0.250. The Morgan fingerprint density at radius 3 is 3.00 bits per heavy atom. The number of nitrogens with one attached hydrogen (secondary N) is 2. The Bertz CT molecular complexity index is 890. The number of carbonyl (C=O) groups excluding carboxylic acids is 1. The Kier molecular flexibility index (Phi) is 4.64. The lowest BCUT2D eigenvalue weighted by Crippen LogP contribution is -2.24. The maximum Gasteiger partial charge on any atom is 0.251 e. The Labute approximate surface area is 152 Å². The van der Waals surface area contributed by atoms with Crippen LogP contribution in [0.15, 0.2) is 61.1 Å². The molecular formula is C20H21N5O. The van der Waals surface area contributed by atoms with Crippen LogP contribution in [0.5, 0.6) is 0 Å². The molecule has 1 aliphatic rings. The molecule has 1 unspecified atom stereocenters. The van der Waals surface area contributed by atoms with Crippen molar-refractivity contribution in [3.63, 3.8) is 0 Å². The predicted octanol–water partition coefficient (Wildman–Crippen LogP) is 3.16. The van der Waals surface area contributed by atoms with Crippen molar-refractivity contribution in [2.24, 2.45) is 0 Å². The first-order valence-corrected chi connectivity index (χ1v) is 8.85. The van der Waals surface area contributed by atoms with E-state index in [1.807, 2.05) is 54.9 Å². The van der Waals surface area contributed by atoms with Crippen LogP contribution in [0.4, 0.5) is 5.69 Å². The topological polar surface area (TPSA) is 71.8 Å². The molecule has 0 bridgehead atoms. The van der Waals surface area contributed by atoms with E-state index in [0.29, 0.717) is 12.1 Å². The van der Waals surface area contributed by atoms with Crippen molar-refractivity contribution in [3.05, 3.63) is 78.1 Å². The maximum atomic E-state index is 12.4. The average Bonchev–Trinajstić information content (AvgIpc) is 3.17. The van der Waals surface area contributed by atoms with Gasteiger partial charge in [0.05, 0.1) is 18.3 Å². The average molecular weight is 347 g/mol. The molecule has 0 radical (unpaired) electrons. The predicted molar refractivity (Wildman–Crippen MR) is 99.7 cm³/mol. The van der Waals surface area contributed by atoms with Crippen molar-refractivity contribution >= 4 is 11.6 Å². The van der Waals surface area contributed by atoms with Crippen LogP contribution in [0.2, 0.25) is 0 Å². The minimum absolute atomic E-state index is 0.107. The number of benzene rings is 1. The van der Waals surface area contributed by atoms with Crippen molar-refractivity contribution in [1.82, 2.24) is 19.9 Å². The van der Waals surface area contributed by atoms with Crippen LogP contribution in [-0.4, -0.2) is 20.4 Å². The number of nitrogens with zero attached hydrogens (tertiary/aromatic N) is 3. The lowest BCUT2D eigenvalue weighted by molar-refractivity contribution is 0.0950. The standard InChI is InChI=1S/C20H21N5O/c26-20(23-14-17-6-1-2-9-21-17)15-5-3-7-16(13-15)24-18-8-4-11-25-12-10-22-19(18)25/h1-3,5-7,9-10,12-13,18,24H,4,8,11,14H2,(H,23,26). The fourth-order valence-electron chi connectivity index (χ4n) is 3.28. The van der Waals surface area contributed by atoms with E-state index in [1.54, 1.807) is 6.20 Å². The fourth-order valence-corrected chi connectivity index (χ4v) is 3.28. The molecule has 3 heterocycles. The van der Waals surface area contributed by atoms with Gasteiger partial charge in [0.2, 0.25) is 0 Å². The van der Waals surface area contributed by atoms with E-state index in [0.717, 1.165) is 36.6 Å². The maximum absolute atomic E-state index is 12.4. The molecule has 4 rings (SSSR count). The van der Waals surface area contributed by atoms with Crippen molar-refractivity contribution < 1.29 is 4.79 Å². The molecule has 1 aliphatic heterocycles.